The maximum atomic E-state index is 11.5. The van der Waals surface area contributed by atoms with Gasteiger partial charge in [0.1, 0.15) is 5.41 Å². The van der Waals surface area contributed by atoms with Crippen LogP contribution in [0, 0.1) is 5.41 Å². The Morgan fingerprint density at radius 3 is 1.54 bits per heavy atom. The first kappa shape index (κ1) is 12.9. The Kier molecular flexibility index (Phi) is 5.55. The molecule has 0 rings (SSSR count). The molecule has 0 bridgehead atoms. The molecule has 0 saturated carbocycles. The van der Waals surface area contributed by atoms with Crippen molar-refractivity contribution < 1.29 is 9.59 Å². The smallest absolute Gasteiger partial charge is 0.245 e. The number of carbonyl (C=O) groups is 2. The summed E-state index contributed by atoms with van der Waals surface area (Å²) in [4.78, 5) is 22.9. The third kappa shape index (κ3) is 2.43. The van der Waals surface area contributed by atoms with Gasteiger partial charge in [0.05, 0.1) is 0 Å². The third-order valence-corrected chi connectivity index (χ3v) is 2.97. The highest BCUT2D eigenvalue weighted by atomic mass is 79.9. The van der Waals surface area contributed by atoms with Crippen LogP contribution in [0.3, 0.4) is 0 Å². The molecular weight excluding hydrogens is 304 g/mol. The molecule has 4 nitrogen and oxygen atoms in total. The van der Waals surface area contributed by atoms with Gasteiger partial charge in [0.15, 0.2) is 0 Å². The first-order valence-electron chi connectivity index (χ1n) is 3.91. The molecule has 6 heteroatoms. The Balaban J connectivity index is 4.90. The number of rotatable bonds is 4. The number of nitrogens with one attached hydrogen (secondary N) is 2. The Morgan fingerprint density at radius 1 is 1.08 bits per heavy atom. The van der Waals surface area contributed by atoms with E-state index in [1.54, 1.807) is 13.8 Å². The van der Waals surface area contributed by atoms with Crippen molar-refractivity contribution in [1.82, 2.24) is 8.69 Å². The van der Waals surface area contributed by atoms with E-state index in [4.69, 9.17) is 0 Å². The predicted molar refractivity (Wildman–Crippen MR) is 57.2 cm³/mol. The lowest BCUT2D eigenvalue weighted by atomic mass is 9.81. The Hall–Kier alpha value is -0.100. The van der Waals surface area contributed by atoms with Crippen molar-refractivity contribution >= 4 is 44.1 Å². The fourth-order valence-corrected chi connectivity index (χ4v) is 1.94. The minimum Gasteiger partial charge on any atom is -0.292 e. The van der Waals surface area contributed by atoms with Crippen LogP contribution in [0.5, 0.6) is 0 Å². The van der Waals surface area contributed by atoms with Crippen LogP contribution in [0.25, 0.3) is 0 Å². The zero-order chi connectivity index (χ0) is 10.5. The topological polar surface area (TPSA) is 58.2 Å². The lowest BCUT2D eigenvalue weighted by Gasteiger charge is -2.25. The first-order chi connectivity index (χ1) is 6.08. The van der Waals surface area contributed by atoms with Crippen LogP contribution in [0.15, 0.2) is 0 Å². The molecule has 0 aromatic heterocycles. The van der Waals surface area contributed by atoms with E-state index in [9.17, 15) is 9.59 Å². The standard InChI is InChI=1S/C7H12Br2N2O2/c1-3-7(4-2,5(12)10-8)6(13)11-9/h3-4H2,1-2H3,(H,10,12)(H,11,13). The Bertz CT molecular complexity index is 187. The van der Waals surface area contributed by atoms with Gasteiger partial charge in [-0.2, -0.15) is 0 Å². The van der Waals surface area contributed by atoms with Crippen LogP contribution < -0.4 is 8.69 Å². The molecule has 0 aliphatic carbocycles. The maximum absolute atomic E-state index is 11.5. The molecule has 0 aromatic carbocycles. The number of hydrogen-bond donors (Lipinski definition) is 2. The molecule has 0 heterocycles. The molecule has 0 unspecified atom stereocenters. The molecule has 0 spiro atoms. The summed E-state index contributed by atoms with van der Waals surface area (Å²) < 4.78 is 4.63. The van der Waals surface area contributed by atoms with Crippen molar-refractivity contribution in [3.8, 4) is 0 Å². The minimum atomic E-state index is -0.993. The molecule has 0 atom stereocenters. The molecule has 2 amide bonds. The van der Waals surface area contributed by atoms with E-state index < -0.39 is 5.41 Å². The molecule has 0 aromatic rings. The van der Waals surface area contributed by atoms with Crippen LogP contribution in [-0.2, 0) is 9.59 Å². The van der Waals surface area contributed by atoms with Gasteiger partial charge in [-0.25, -0.2) is 0 Å². The van der Waals surface area contributed by atoms with Crippen LogP contribution >= 0.6 is 32.3 Å². The van der Waals surface area contributed by atoms with E-state index in [0.717, 1.165) is 0 Å². The lowest BCUT2D eigenvalue weighted by Crippen LogP contribution is -2.46. The third-order valence-electron chi connectivity index (χ3n) is 2.25. The minimum absolute atomic E-state index is 0.325. The second kappa shape index (κ2) is 5.59. The number of hydrogen-bond acceptors (Lipinski definition) is 2. The van der Waals surface area contributed by atoms with Crippen molar-refractivity contribution in [2.24, 2.45) is 5.41 Å². The summed E-state index contributed by atoms with van der Waals surface area (Å²) in [7, 11) is 0. The SMILES string of the molecule is CCC(CC)(C(=O)NBr)C(=O)NBr. The van der Waals surface area contributed by atoms with Crippen LogP contribution in [-0.4, -0.2) is 11.8 Å². The molecule has 0 aliphatic rings. The van der Waals surface area contributed by atoms with E-state index in [0.29, 0.717) is 12.8 Å². The summed E-state index contributed by atoms with van der Waals surface area (Å²) in [5.74, 6) is -0.649. The Morgan fingerprint density at radius 2 is 1.38 bits per heavy atom. The summed E-state index contributed by atoms with van der Waals surface area (Å²) in [6.07, 6.45) is 0.913. The summed E-state index contributed by atoms with van der Waals surface area (Å²) in [5.41, 5.74) is -0.993. The molecule has 2 N–H and O–H groups in total. The highest BCUT2D eigenvalue weighted by Crippen LogP contribution is 2.27. The average Bonchev–Trinajstić information content (AvgIpc) is 2.19. The second-order valence-corrected chi connectivity index (χ2v) is 3.43. The van der Waals surface area contributed by atoms with E-state index in [-0.39, 0.29) is 11.8 Å². The van der Waals surface area contributed by atoms with Gasteiger partial charge in [0.25, 0.3) is 0 Å². The quantitative estimate of drug-likeness (QED) is 0.612. The highest BCUT2D eigenvalue weighted by molar-refractivity contribution is 9.08. The van der Waals surface area contributed by atoms with E-state index in [2.05, 4.69) is 41.0 Å². The van der Waals surface area contributed by atoms with Crippen molar-refractivity contribution in [2.75, 3.05) is 0 Å². The zero-order valence-electron chi connectivity index (χ0n) is 7.49. The summed E-state index contributed by atoms with van der Waals surface area (Å²) in [6, 6.07) is 0. The zero-order valence-corrected chi connectivity index (χ0v) is 10.7. The summed E-state index contributed by atoms with van der Waals surface area (Å²) in [6.45, 7) is 3.60. The monoisotopic (exact) mass is 314 g/mol. The van der Waals surface area contributed by atoms with E-state index in [1.807, 2.05) is 0 Å². The van der Waals surface area contributed by atoms with Gasteiger partial charge in [0, 0.05) is 32.3 Å². The molecular formula is C7H12Br2N2O2. The van der Waals surface area contributed by atoms with Gasteiger partial charge < -0.3 is 0 Å². The second-order valence-electron chi connectivity index (χ2n) is 2.64. The first-order valence-corrected chi connectivity index (χ1v) is 5.49. The molecule has 0 radical (unpaired) electrons. The van der Waals surface area contributed by atoms with Gasteiger partial charge in [-0.1, -0.05) is 13.8 Å². The number of amides is 2. The van der Waals surface area contributed by atoms with Gasteiger partial charge in [-0.3, -0.25) is 18.3 Å². The highest BCUT2D eigenvalue weighted by Gasteiger charge is 2.41. The van der Waals surface area contributed by atoms with Crippen molar-refractivity contribution in [3.63, 3.8) is 0 Å². The number of carbonyl (C=O) groups excluding carboxylic acids is 2. The van der Waals surface area contributed by atoms with Crippen LogP contribution in [0.4, 0.5) is 0 Å². The van der Waals surface area contributed by atoms with Crippen molar-refractivity contribution in [1.29, 1.82) is 0 Å². The predicted octanol–water partition coefficient (Wildman–Crippen LogP) is 1.64. The van der Waals surface area contributed by atoms with Gasteiger partial charge in [0.2, 0.25) is 11.8 Å². The Labute approximate surface area is 94.5 Å². The van der Waals surface area contributed by atoms with E-state index in [1.165, 1.54) is 0 Å². The molecule has 0 saturated heterocycles. The average molecular weight is 316 g/mol. The van der Waals surface area contributed by atoms with Crippen LogP contribution in [0.2, 0.25) is 0 Å². The van der Waals surface area contributed by atoms with Crippen LogP contribution in [0.1, 0.15) is 26.7 Å². The van der Waals surface area contributed by atoms with Gasteiger partial charge in [-0.05, 0) is 12.8 Å². The maximum Gasteiger partial charge on any atom is 0.245 e. The normalized spacial score (nSPS) is 10.8. The summed E-state index contributed by atoms with van der Waals surface area (Å²) >= 11 is 5.67. The van der Waals surface area contributed by atoms with E-state index >= 15 is 0 Å². The summed E-state index contributed by atoms with van der Waals surface area (Å²) in [5, 5.41) is 0. The molecule has 76 valence electrons. The number of halogens is 2. The molecule has 0 aliphatic heterocycles. The fraction of sp³-hybridized carbons (Fsp3) is 0.714. The van der Waals surface area contributed by atoms with Gasteiger partial charge >= 0.3 is 0 Å². The fourth-order valence-electron chi connectivity index (χ4n) is 1.18. The lowest BCUT2D eigenvalue weighted by molar-refractivity contribution is -0.141. The van der Waals surface area contributed by atoms with Gasteiger partial charge in [-0.15, -0.1) is 0 Å². The largest absolute Gasteiger partial charge is 0.292 e. The van der Waals surface area contributed by atoms with Crippen molar-refractivity contribution in [2.45, 2.75) is 26.7 Å². The van der Waals surface area contributed by atoms with Crippen molar-refractivity contribution in [3.05, 3.63) is 0 Å². The molecule has 0 fully saturated rings. The molecule has 13 heavy (non-hydrogen) atoms.